The first kappa shape index (κ1) is 16.7. The fraction of sp³-hybridized carbons (Fsp3) is 0.231. The smallest absolute Gasteiger partial charge is 0.339 e. The van der Waals surface area contributed by atoms with Crippen LogP contribution in [0.5, 0.6) is 5.75 Å². The lowest BCUT2D eigenvalue weighted by atomic mass is 10.2. The van der Waals surface area contributed by atoms with E-state index in [9.17, 15) is 18.0 Å². The number of nitrogens with one attached hydrogen (secondary N) is 1. The van der Waals surface area contributed by atoms with Crippen LogP contribution in [0.4, 0.5) is 0 Å². The van der Waals surface area contributed by atoms with Crippen molar-refractivity contribution < 1.29 is 27.9 Å². The minimum absolute atomic E-state index is 0.0394. The van der Waals surface area contributed by atoms with Crippen LogP contribution in [0.3, 0.4) is 0 Å². The second-order valence-corrected chi connectivity index (χ2v) is 6.01. The summed E-state index contributed by atoms with van der Waals surface area (Å²) >= 11 is 0. The van der Waals surface area contributed by atoms with Crippen LogP contribution in [-0.2, 0) is 14.6 Å². The van der Waals surface area contributed by atoms with Crippen LogP contribution in [0.2, 0.25) is 0 Å². The monoisotopic (exact) mass is 313 g/mol. The Balaban J connectivity index is 3.09. The Kier molecular flexibility index (Phi) is 5.48. The van der Waals surface area contributed by atoms with E-state index < -0.39 is 27.5 Å². The van der Waals surface area contributed by atoms with Gasteiger partial charge in [0.05, 0.1) is 12.0 Å². The molecule has 0 saturated heterocycles. The maximum absolute atomic E-state index is 12.1. The minimum atomic E-state index is -3.94. The van der Waals surface area contributed by atoms with E-state index in [2.05, 4.69) is 11.9 Å². The SMILES string of the molecule is C=CCNC(=O)CS(=O)(=O)c1ccc(OC)c(C(=O)O)c1. The molecule has 0 bridgehead atoms. The highest BCUT2D eigenvalue weighted by atomic mass is 32.2. The minimum Gasteiger partial charge on any atom is -0.496 e. The van der Waals surface area contributed by atoms with E-state index >= 15 is 0 Å². The number of hydrogen-bond acceptors (Lipinski definition) is 5. The van der Waals surface area contributed by atoms with E-state index in [1.54, 1.807) is 0 Å². The zero-order valence-corrected chi connectivity index (χ0v) is 12.1. The second kappa shape index (κ2) is 6.89. The largest absolute Gasteiger partial charge is 0.496 e. The second-order valence-electron chi connectivity index (χ2n) is 4.02. The Morgan fingerprint density at radius 3 is 2.62 bits per heavy atom. The normalized spacial score (nSPS) is 10.7. The van der Waals surface area contributed by atoms with Gasteiger partial charge < -0.3 is 15.2 Å². The predicted octanol–water partition coefficient (Wildman–Crippen LogP) is 0.469. The number of aromatic carboxylic acids is 1. The number of ether oxygens (including phenoxy) is 1. The number of carbonyl (C=O) groups excluding carboxylic acids is 1. The number of carbonyl (C=O) groups is 2. The van der Waals surface area contributed by atoms with E-state index in [1.807, 2.05) is 0 Å². The van der Waals surface area contributed by atoms with Gasteiger partial charge in [-0.2, -0.15) is 0 Å². The summed E-state index contributed by atoms with van der Waals surface area (Å²) in [7, 11) is -2.66. The molecule has 2 N–H and O–H groups in total. The van der Waals surface area contributed by atoms with Gasteiger partial charge in [-0.05, 0) is 18.2 Å². The van der Waals surface area contributed by atoms with Gasteiger partial charge in [0, 0.05) is 6.54 Å². The first-order valence-electron chi connectivity index (χ1n) is 5.83. The van der Waals surface area contributed by atoms with Crippen LogP contribution in [-0.4, -0.2) is 44.8 Å². The van der Waals surface area contributed by atoms with Crippen molar-refractivity contribution in [3.63, 3.8) is 0 Å². The van der Waals surface area contributed by atoms with Crippen molar-refractivity contribution in [2.45, 2.75) is 4.90 Å². The molecule has 0 aliphatic carbocycles. The molecule has 0 aliphatic heterocycles. The van der Waals surface area contributed by atoms with Crippen molar-refractivity contribution in [3.8, 4) is 5.75 Å². The number of rotatable bonds is 7. The number of benzene rings is 1. The topological polar surface area (TPSA) is 110 Å². The molecule has 1 aromatic carbocycles. The number of methoxy groups -OCH3 is 1. The summed E-state index contributed by atoms with van der Waals surface area (Å²) in [4.78, 5) is 22.3. The highest BCUT2D eigenvalue weighted by Gasteiger charge is 2.22. The quantitative estimate of drug-likeness (QED) is 0.708. The number of carboxylic acids is 1. The predicted molar refractivity (Wildman–Crippen MR) is 75.2 cm³/mol. The Morgan fingerprint density at radius 2 is 2.10 bits per heavy atom. The van der Waals surface area contributed by atoms with Gasteiger partial charge in [-0.1, -0.05) is 6.08 Å². The van der Waals surface area contributed by atoms with Crippen LogP contribution in [0.15, 0.2) is 35.7 Å². The average molecular weight is 313 g/mol. The number of hydrogen-bond donors (Lipinski definition) is 2. The Bertz CT molecular complexity index is 665. The highest BCUT2D eigenvalue weighted by molar-refractivity contribution is 7.92. The van der Waals surface area contributed by atoms with Gasteiger partial charge >= 0.3 is 5.97 Å². The molecule has 1 aromatic rings. The molecule has 7 nitrogen and oxygen atoms in total. The molecular formula is C13H15NO6S. The first-order chi connectivity index (χ1) is 9.81. The van der Waals surface area contributed by atoms with Crippen LogP contribution in [0.1, 0.15) is 10.4 Å². The summed E-state index contributed by atoms with van der Waals surface area (Å²) in [6, 6.07) is 3.40. The van der Waals surface area contributed by atoms with Crippen LogP contribution >= 0.6 is 0 Å². The third-order valence-corrected chi connectivity index (χ3v) is 4.14. The summed E-state index contributed by atoms with van der Waals surface area (Å²) < 4.78 is 29.0. The molecule has 21 heavy (non-hydrogen) atoms. The van der Waals surface area contributed by atoms with Crippen molar-refractivity contribution >= 4 is 21.7 Å². The number of amides is 1. The van der Waals surface area contributed by atoms with Crippen molar-refractivity contribution in [1.29, 1.82) is 0 Å². The maximum atomic E-state index is 12.1. The Hall–Kier alpha value is -2.35. The zero-order valence-electron chi connectivity index (χ0n) is 11.3. The van der Waals surface area contributed by atoms with Gasteiger partial charge in [0.2, 0.25) is 5.91 Å². The molecule has 0 spiro atoms. The maximum Gasteiger partial charge on any atom is 0.339 e. The molecule has 0 aromatic heterocycles. The average Bonchev–Trinajstić information content (AvgIpc) is 2.43. The van der Waals surface area contributed by atoms with Crippen molar-refractivity contribution in [2.75, 3.05) is 19.4 Å². The van der Waals surface area contributed by atoms with E-state index in [0.29, 0.717) is 0 Å². The third kappa shape index (κ3) is 4.32. The molecule has 0 aliphatic rings. The van der Waals surface area contributed by atoms with E-state index in [1.165, 1.54) is 25.3 Å². The lowest BCUT2D eigenvalue weighted by molar-refractivity contribution is -0.118. The van der Waals surface area contributed by atoms with Crippen molar-refractivity contribution in [2.24, 2.45) is 0 Å². The molecule has 0 unspecified atom stereocenters. The van der Waals surface area contributed by atoms with E-state index in [-0.39, 0.29) is 22.8 Å². The van der Waals surface area contributed by atoms with Gasteiger partial charge in [0.1, 0.15) is 17.1 Å². The van der Waals surface area contributed by atoms with Crippen LogP contribution < -0.4 is 10.1 Å². The van der Waals surface area contributed by atoms with Crippen molar-refractivity contribution in [3.05, 3.63) is 36.4 Å². The summed E-state index contributed by atoms with van der Waals surface area (Å²) in [6.07, 6.45) is 1.42. The number of carboxylic acid groups (broad SMARTS) is 1. The van der Waals surface area contributed by atoms with Crippen molar-refractivity contribution in [1.82, 2.24) is 5.32 Å². The van der Waals surface area contributed by atoms with Gasteiger partial charge in [-0.25, -0.2) is 13.2 Å². The van der Waals surface area contributed by atoms with E-state index in [4.69, 9.17) is 9.84 Å². The number of sulfone groups is 1. The molecular weight excluding hydrogens is 298 g/mol. The Morgan fingerprint density at radius 1 is 1.43 bits per heavy atom. The summed E-state index contributed by atoms with van der Waals surface area (Å²) in [5.41, 5.74) is -0.287. The summed E-state index contributed by atoms with van der Waals surface area (Å²) in [5, 5.41) is 11.4. The van der Waals surface area contributed by atoms with Gasteiger partial charge in [0.25, 0.3) is 0 Å². The molecule has 0 fully saturated rings. The van der Waals surface area contributed by atoms with Crippen LogP contribution in [0, 0.1) is 0 Å². The molecule has 0 saturated carbocycles. The molecule has 1 amide bonds. The fourth-order valence-electron chi connectivity index (χ4n) is 1.54. The molecule has 0 radical (unpaired) electrons. The highest BCUT2D eigenvalue weighted by Crippen LogP contribution is 2.23. The molecule has 8 heteroatoms. The summed E-state index contributed by atoms with van der Waals surface area (Å²) in [6.45, 7) is 3.54. The zero-order chi connectivity index (χ0) is 16.0. The van der Waals surface area contributed by atoms with E-state index in [0.717, 1.165) is 6.07 Å². The van der Waals surface area contributed by atoms with Gasteiger partial charge in [0.15, 0.2) is 9.84 Å². The first-order valence-corrected chi connectivity index (χ1v) is 7.48. The molecule has 114 valence electrons. The lowest BCUT2D eigenvalue weighted by Gasteiger charge is -2.08. The molecule has 0 heterocycles. The summed E-state index contributed by atoms with van der Waals surface area (Å²) in [5.74, 6) is -2.74. The molecule has 0 atom stereocenters. The Labute approximate surface area is 122 Å². The third-order valence-electron chi connectivity index (χ3n) is 2.53. The standard InChI is InChI=1S/C13H15NO6S/c1-3-6-14-12(15)8-21(18,19)9-4-5-11(20-2)10(7-9)13(16)17/h3-5,7H,1,6,8H2,2H3,(H,14,15)(H,16,17). The fourth-order valence-corrected chi connectivity index (χ4v) is 2.73. The van der Waals surface area contributed by atoms with Crippen LogP contribution in [0.25, 0.3) is 0 Å². The van der Waals surface area contributed by atoms with Gasteiger partial charge in [-0.15, -0.1) is 6.58 Å². The van der Waals surface area contributed by atoms with Gasteiger partial charge in [-0.3, -0.25) is 4.79 Å². The molecule has 1 rings (SSSR count). The lowest BCUT2D eigenvalue weighted by Crippen LogP contribution is -2.30.